The summed E-state index contributed by atoms with van der Waals surface area (Å²) in [5.74, 6) is -0.955. The Morgan fingerprint density at radius 2 is 1.52 bits per heavy atom. The molecule has 1 saturated heterocycles. The highest BCUT2D eigenvalue weighted by Gasteiger charge is 2.33. The lowest BCUT2D eigenvalue weighted by Gasteiger charge is -2.34. The van der Waals surface area contributed by atoms with E-state index < -0.39 is 17.6 Å². The average Bonchev–Trinajstić information content (AvgIpc) is 2.78. The molecule has 4 rings (SSSR count). The number of nitrogens with zero attached hydrogens (tertiary/aromatic N) is 2. The number of carbonyl (C=O) groups is 2. The Labute approximate surface area is 188 Å². The number of hydrogen-bond donors (Lipinski definition) is 2. The maximum Gasteiger partial charge on any atom is 0.418 e. The fourth-order valence-corrected chi connectivity index (χ4v) is 3.91. The third kappa shape index (κ3) is 5.09. The minimum Gasteiger partial charge on any atom is -0.507 e. The molecule has 0 aliphatic carbocycles. The zero-order valence-electron chi connectivity index (χ0n) is 17.6. The molecule has 0 saturated carbocycles. The number of anilines is 1. The van der Waals surface area contributed by atoms with Crippen molar-refractivity contribution in [3.8, 4) is 5.75 Å². The smallest absolute Gasteiger partial charge is 0.418 e. The van der Waals surface area contributed by atoms with E-state index in [1.165, 1.54) is 18.2 Å². The van der Waals surface area contributed by atoms with Gasteiger partial charge < -0.3 is 15.3 Å². The molecule has 0 radical (unpaired) electrons. The number of halogens is 3. The van der Waals surface area contributed by atoms with Crippen LogP contribution in [0.3, 0.4) is 0 Å². The van der Waals surface area contributed by atoms with Crippen molar-refractivity contribution in [2.45, 2.75) is 6.18 Å². The lowest BCUT2D eigenvalue weighted by Crippen LogP contribution is -2.50. The third-order valence-electron chi connectivity index (χ3n) is 5.63. The number of amides is 2. The number of para-hydroxylation sites is 1. The van der Waals surface area contributed by atoms with Gasteiger partial charge in [0.1, 0.15) is 5.75 Å². The first kappa shape index (κ1) is 22.6. The fraction of sp³-hybridized carbons (Fsp3) is 0.250. The van der Waals surface area contributed by atoms with E-state index in [0.29, 0.717) is 26.2 Å². The molecule has 3 aromatic carbocycles. The highest BCUT2D eigenvalue weighted by atomic mass is 19.4. The maximum atomic E-state index is 13.1. The second-order valence-electron chi connectivity index (χ2n) is 7.88. The summed E-state index contributed by atoms with van der Waals surface area (Å²) in [6, 6.07) is 15.5. The van der Waals surface area contributed by atoms with Gasteiger partial charge >= 0.3 is 6.18 Å². The highest BCUT2D eigenvalue weighted by molar-refractivity contribution is 6.01. The predicted molar refractivity (Wildman–Crippen MR) is 118 cm³/mol. The van der Waals surface area contributed by atoms with E-state index >= 15 is 0 Å². The summed E-state index contributed by atoms with van der Waals surface area (Å²) in [6.45, 7) is 1.34. The van der Waals surface area contributed by atoms with Gasteiger partial charge in [0.15, 0.2) is 0 Å². The quantitative estimate of drug-likeness (QED) is 0.622. The molecule has 3 aromatic rings. The van der Waals surface area contributed by atoms with Crippen LogP contribution in [0.4, 0.5) is 18.9 Å². The summed E-state index contributed by atoms with van der Waals surface area (Å²) < 4.78 is 39.3. The average molecular weight is 457 g/mol. The number of piperazine rings is 1. The molecule has 1 aliphatic rings. The number of hydrogen-bond acceptors (Lipinski definition) is 4. The van der Waals surface area contributed by atoms with E-state index in [1.54, 1.807) is 21.9 Å². The molecule has 172 valence electrons. The fourth-order valence-electron chi connectivity index (χ4n) is 3.91. The molecule has 6 nitrogen and oxygen atoms in total. The second kappa shape index (κ2) is 9.11. The molecule has 1 fully saturated rings. The SMILES string of the molecule is O=C(CN1CCN(C(=O)c2cc3ccccc3cc2O)CC1)Nc1ccccc1C(F)(F)F. The summed E-state index contributed by atoms with van der Waals surface area (Å²) in [7, 11) is 0. The van der Waals surface area contributed by atoms with Crippen LogP contribution in [0.2, 0.25) is 0 Å². The molecule has 2 amide bonds. The Kier molecular flexibility index (Phi) is 6.24. The molecule has 0 bridgehead atoms. The van der Waals surface area contributed by atoms with Crippen molar-refractivity contribution in [3.05, 3.63) is 71.8 Å². The molecule has 0 aromatic heterocycles. The van der Waals surface area contributed by atoms with Crippen molar-refractivity contribution in [2.75, 3.05) is 38.0 Å². The van der Waals surface area contributed by atoms with E-state index in [-0.39, 0.29) is 29.5 Å². The van der Waals surface area contributed by atoms with Crippen LogP contribution in [0.1, 0.15) is 15.9 Å². The standard InChI is InChI=1S/C24H22F3N3O3/c25-24(26,27)19-7-3-4-8-20(19)28-22(32)15-29-9-11-30(12-10-29)23(33)18-13-16-5-1-2-6-17(16)14-21(18)31/h1-8,13-14,31H,9-12,15H2,(H,28,32). The summed E-state index contributed by atoms with van der Waals surface area (Å²) in [6.07, 6.45) is -4.57. The maximum absolute atomic E-state index is 13.1. The Morgan fingerprint density at radius 3 is 2.18 bits per heavy atom. The Morgan fingerprint density at radius 1 is 0.909 bits per heavy atom. The second-order valence-corrected chi connectivity index (χ2v) is 7.88. The van der Waals surface area contributed by atoms with Gasteiger partial charge in [-0.15, -0.1) is 0 Å². The molecular formula is C24H22F3N3O3. The summed E-state index contributed by atoms with van der Waals surface area (Å²) in [4.78, 5) is 28.6. The summed E-state index contributed by atoms with van der Waals surface area (Å²) in [5.41, 5.74) is -0.969. The molecule has 9 heteroatoms. The number of phenolic OH excluding ortho intramolecular Hbond substituents is 1. The van der Waals surface area contributed by atoms with E-state index in [9.17, 15) is 27.9 Å². The van der Waals surface area contributed by atoms with Gasteiger partial charge in [-0.1, -0.05) is 36.4 Å². The molecule has 1 aliphatic heterocycles. The lowest BCUT2D eigenvalue weighted by molar-refractivity contribution is -0.137. The zero-order chi connectivity index (χ0) is 23.6. The van der Waals surface area contributed by atoms with Gasteiger partial charge in [-0.2, -0.15) is 13.2 Å². The summed E-state index contributed by atoms with van der Waals surface area (Å²) in [5, 5.41) is 14.3. The molecule has 1 heterocycles. The van der Waals surface area contributed by atoms with Crippen molar-refractivity contribution in [1.82, 2.24) is 9.80 Å². The number of rotatable bonds is 4. The van der Waals surface area contributed by atoms with Crippen LogP contribution >= 0.6 is 0 Å². The van der Waals surface area contributed by atoms with Crippen molar-refractivity contribution < 1.29 is 27.9 Å². The number of aromatic hydroxyl groups is 1. The van der Waals surface area contributed by atoms with Gasteiger partial charge in [-0.3, -0.25) is 14.5 Å². The Balaban J connectivity index is 1.35. The molecule has 33 heavy (non-hydrogen) atoms. The van der Waals surface area contributed by atoms with E-state index in [0.717, 1.165) is 16.8 Å². The Bertz CT molecular complexity index is 1190. The number of alkyl halides is 3. The van der Waals surface area contributed by atoms with Crippen molar-refractivity contribution in [1.29, 1.82) is 0 Å². The van der Waals surface area contributed by atoms with Crippen LogP contribution < -0.4 is 5.32 Å². The van der Waals surface area contributed by atoms with Gasteiger partial charge in [0.2, 0.25) is 5.91 Å². The predicted octanol–water partition coefficient (Wildman–Crippen LogP) is 3.96. The van der Waals surface area contributed by atoms with Gasteiger partial charge in [0.05, 0.1) is 23.4 Å². The van der Waals surface area contributed by atoms with Gasteiger partial charge in [0.25, 0.3) is 5.91 Å². The first-order valence-electron chi connectivity index (χ1n) is 10.4. The number of nitrogens with one attached hydrogen (secondary N) is 1. The first-order valence-corrected chi connectivity index (χ1v) is 10.4. The lowest BCUT2D eigenvalue weighted by atomic mass is 10.0. The van der Waals surface area contributed by atoms with Crippen LogP contribution in [0, 0.1) is 0 Å². The van der Waals surface area contributed by atoms with E-state index in [2.05, 4.69) is 5.32 Å². The van der Waals surface area contributed by atoms with Crippen molar-refractivity contribution >= 4 is 28.3 Å². The molecule has 0 atom stereocenters. The van der Waals surface area contributed by atoms with Crippen molar-refractivity contribution in [2.24, 2.45) is 0 Å². The van der Waals surface area contributed by atoms with Gasteiger partial charge in [-0.05, 0) is 35.0 Å². The molecule has 0 unspecified atom stereocenters. The molecular weight excluding hydrogens is 435 g/mol. The largest absolute Gasteiger partial charge is 0.507 e. The van der Waals surface area contributed by atoms with Crippen LogP contribution in [-0.4, -0.2) is 59.4 Å². The molecule has 0 spiro atoms. The molecule has 2 N–H and O–H groups in total. The minimum absolute atomic E-state index is 0.0879. The van der Waals surface area contributed by atoms with Crippen LogP contribution in [0.5, 0.6) is 5.75 Å². The summed E-state index contributed by atoms with van der Waals surface area (Å²) >= 11 is 0. The van der Waals surface area contributed by atoms with E-state index in [1.807, 2.05) is 24.3 Å². The number of benzene rings is 3. The number of carbonyl (C=O) groups excluding carboxylic acids is 2. The van der Waals surface area contributed by atoms with Crippen LogP contribution in [-0.2, 0) is 11.0 Å². The van der Waals surface area contributed by atoms with E-state index in [4.69, 9.17) is 0 Å². The normalized spacial score (nSPS) is 14.9. The van der Waals surface area contributed by atoms with Gasteiger partial charge in [0, 0.05) is 26.2 Å². The van der Waals surface area contributed by atoms with Crippen LogP contribution in [0.15, 0.2) is 60.7 Å². The number of phenols is 1. The Hall–Kier alpha value is -3.59. The minimum atomic E-state index is -4.57. The highest BCUT2D eigenvalue weighted by Crippen LogP contribution is 2.34. The van der Waals surface area contributed by atoms with Gasteiger partial charge in [-0.25, -0.2) is 0 Å². The monoisotopic (exact) mass is 457 g/mol. The third-order valence-corrected chi connectivity index (χ3v) is 5.63. The number of fused-ring (bicyclic) bond motifs is 1. The topological polar surface area (TPSA) is 72.9 Å². The van der Waals surface area contributed by atoms with Crippen LogP contribution in [0.25, 0.3) is 10.8 Å². The first-order chi connectivity index (χ1) is 15.7. The van der Waals surface area contributed by atoms with Crippen molar-refractivity contribution in [3.63, 3.8) is 0 Å². The zero-order valence-corrected chi connectivity index (χ0v) is 17.6.